The first-order valence-corrected chi connectivity index (χ1v) is 13.0. The number of hydrogen-bond donors (Lipinski definition) is 2. The molecule has 1 saturated carbocycles. The van der Waals surface area contributed by atoms with Gasteiger partial charge >= 0.3 is 0 Å². The number of carbonyl (C=O) groups excluding carboxylic acids is 2. The highest BCUT2D eigenvalue weighted by Gasteiger charge is 2.40. The molecule has 2 N–H and O–H groups in total. The van der Waals surface area contributed by atoms with E-state index in [1.165, 1.54) is 0 Å². The number of hydrogen-bond acceptors (Lipinski definition) is 6. The van der Waals surface area contributed by atoms with E-state index >= 15 is 0 Å². The number of anilines is 1. The van der Waals surface area contributed by atoms with Gasteiger partial charge in [-0.2, -0.15) is 5.26 Å². The van der Waals surface area contributed by atoms with Crippen LogP contribution in [0.5, 0.6) is 5.75 Å². The molecule has 8 nitrogen and oxygen atoms in total. The normalized spacial score (nSPS) is 16.6. The lowest BCUT2D eigenvalue weighted by Gasteiger charge is -2.39. The van der Waals surface area contributed by atoms with Crippen molar-refractivity contribution in [2.75, 3.05) is 25.0 Å². The molecular weight excluding hydrogens is 478 g/mol. The SMILES string of the molecule is CC(CNC(C(=O)Nc1ccc(OC2CN(C(=O)C3CC3)C2)cn1)c1ccccc1)c1ccc(C#N)cc1. The van der Waals surface area contributed by atoms with Gasteiger partial charge in [0.15, 0.2) is 0 Å². The van der Waals surface area contributed by atoms with E-state index in [1.54, 1.807) is 30.5 Å². The van der Waals surface area contributed by atoms with Crippen LogP contribution in [0.1, 0.15) is 48.4 Å². The van der Waals surface area contributed by atoms with E-state index in [0.29, 0.717) is 36.8 Å². The fourth-order valence-corrected chi connectivity index (χ4v) is 4.50. The Balaban J connectivity index is 1.17. The van der Waals surface area contributed by atoms with Crippen molar-refractivity contribution in [1.29, 1.82) is 5.26 Å². The molecule has 2 atom stereocenters. The predicted molar refractivity (Wildman–Crippen MR) is 143 cm³/mol. The molecule has 0 radical (unpaired) electrons. The number of nitriles is 1. The smallest absolute Gasteiger partial charge is 0.247 e. The Bertz CT molecular complexity index is 1290. The number of nitrogens with one attached hydrogen (secondary N) is 2. The first-order valence-electron chi connectivity index (χ1n) is 13.0. The van der Waals surface area contributed by atoms with Crippen molar-refractivity contribution in [3.05, 3.63) is 89.6 Å². The van der Waals surface area contributed by atoms with Gasteiger partial charge in [0.25, 0.3) is 0 Å². The lowest BCUT2D eigenvalue weighted by atomic mass is 9.98. The lowest BCUT2D eigenvalue weighted by Crippen LogP contribution is -2.56. The maximum Gasteiger partial charge on any atom is 0.247 e. The molecule has 1 aliphatic carbocycles. The van der Waals surface area contributed by atoms with Crippen LogP contribution < -0.4 is 15.4 Å². The highest BCUT2D eigenvalue weighted by molar-refractivity contribution is 5.94. The monoisotopic (exact) mass is 509 g/mol. The summed E-state index contributed by atoms with van der Waals surface area (Å²) in [5, 5.41) is 15.3. The third-order valence-corrected chi connectivity index (χ3v) is 7.01. The highest BCUT2D eigenvalue weighted by atomic mass is 16.5. The quantitative estimate of drug-likeness (QED) is 0.427. The zero-order valence-electron chi connectivity index (χ0n) is 21.3. The minimum Gasteiger partial charge on any atom is -0.485 e. The minimum atomic E-state index is -0.570. The number of likely N-dealkylation sites (tertiary alicyclic amines) is 1. The Labute approximate surface area is 222 Å². The zero-order valence-corrected chi connectivity index (χ0v) is 21.3. The molecule has 3 aromatic rings. The summed E-state index contributed by atoms with van der Waals surface area (Å²) < 4.78 is 5.93. The van der Waals surface area contributed by atoms with E-state index < -0.39 is 6.04 Å². The van der Waals surface area contributed by atoms with Crippen LogP contribution in [-0.4, -0.2) is 47.4 Å². The van der Waals surface area contributed by atoms with Crippen molar-refractivity contribution < 1.29 is 14.3 Å². The molecule has 1 aromatic heterocycles. The summed E-state index contributed by atoms with van der Waals surface area (Å²) in [4.78, 5) is 31.6. The Morgan fingerprint density at radius 2 is 1.79 bits per heavy atom. The molecule has 5 rings (SSSR count). The number of ether oxygens (including phenoxy) is 1. The van der Waals surface area contributed by atoms with Crippen molar-refractivity contribution in [2.24, 2.45) is 5.92 Å². The van der Waals surface area contributed by atoms with Crippen LogP contribution in [0.15, 0.2) is 72.9 Å². The average molecular weight is 510 g/mol. The van der Waals surface area contributed by atoms with Crippen molar-refractivity contribution in [1.82, 2.24) is 15.2 Å². The lowest BCUT2D eigenvalue weighted by molar-refractivity contribution is -0.141. The Morgan fingerprint density at radius 3 is 2.42 bits per heavy atom. The summed E-state index contributed by atoms with van der Waals surface area (Å²) in [6.45, 7) is 3.87. The first-order chi connectivity index (χ1) is 18.5. The molecular formula is C30H31N5O3. The summed E-state index contributed by atoms with van der Waals surface area (Å²) in [6, 6.07) is 22.2. The molecule has 38 heavy (non-hydrogen) atoms. The van der Waals surface area contributed by atoms with Gasteiger partial charge in [0.05, 0.1) is 30.9 Å². The van der Waals surface area contributed by atoms with E-state index in [9.17, 15) is 9.59 Å². The fourth-order valence-electron chi connectivity index (χ4n) is 4.50. The maximum absolute atomic E-state index is 13.3. The van der Waals surface area contributed by atoms with Gasteiger partial charge in [-0.05, 0) is 54.2 Å². The van der Waals surface area contributed by atoms with Gasteiger partial charge in [0.1, 0.15) is 23.7 Å². The molecule has 0 bridgehead atoms. The molecule has 2 unspecified atom stereocenters. The summed E-state index contributed by atoms with van der Waals surface area (Å²) in [5.74, 6) is 1.45. The zero-order chi connectivity index (χ0) is 26.5. The van der Waals surface area contributed by atoms with Gasteiger partial charge in [-0.25, -0.2) is 4.98 Å². The van der Waals surface area contributed by atoms with Crippen LogP contribution in [0.25, 0.3) is 0 Å². The number of pyridine rings is 1. The number of benzene rings is 2. The van der Waals surface area contributed by atoms with Crippen molar-refractivity contribution in [3.8, 4) is 11.8 Å². The Hall–Kier alpha value is -4.22. The molecule has 2 amide bonds. The molecule has 2 aromatic carbocycles. The van der Waals surface area contributed by atoms with Crippen LogP contribution in [0, 0.1) is 17.2 Å². The van der Waals surface area contributed by atoms with Crippen LogP contribution in [0.2, 0.25) is 0 Å². The number of rotatable bonds is 10. The van der Waals surface area contributed by atoms with Gasteiger partial charge in [-0.3, -0.25) is 9.59 Å². The van der Waals surface area contributed by atoms with Gasteiger partial charge < -0.3 is 20.3 Å². The highest BCUT2D eigenvalue weighted by Crippen LogP contribution is 2.33. The van der Waals surface area contributed by atoms with Crippen LogP contribution in [-0.2, 0) is 9.59 Å². The van der Waals surface area contributed by atoms with Gasteiger partial charge in [0.2, 0.25) is 11.8 Å². The molecule has 1 aliphatic heterocycles. The van der Waals surface area contributed by atoms with E-state index in [-0.39, 0.29) is 29.8 Å². The van der Waals surface area contributed by atoms with Crippen molar-refractivity contribution in [3.63, 3.8) is 0 Å². The van der Waals surface area contributed by atoms with Crippen LogP contribution in [0.4, 0.5) is 5.82 Å². The molecule has 0 spiro atoms. The second-order valence-electron chi connectivity index (χ2n) is 10.0. The van der Waals surface area contributed by atoms with E-state index in [1.807, 2.05) is 47.4 Å². The third-order valence-electron chi connectivity index (χ3n) is 7.01. The standard InChI is InChI=1S/C30H31N5O3/c1-20(22-9-7-21(15-31)8-10-22)16-33-28(23-5-3-2-4-6-23)29(36)34-27-14-13-25(17-32-27)38-26-18-35(19-26)30(37)24-11-12-24/h2-10,13-14,17,20,24,26,28,33H,11-12,16,18-19H2,1H3,(H,32,34,36). The van der Waals surface area contributed by atoms with Gasteiger partial charge in [-0.15, -0.1) is 0 Å². The molecule has 2 aliphatic rings. The van der Waals surface area contributed by atoms with Gasteiger partial charge in [0, 0.05) is 12.5 Å². The summed E-state index contributed by atoms with van der Waals surface area (Å²) in [6.07, 6.45) is 3.59. The van der Waals surface area contributed by atoms with Gasteiger partial charge in [-0.1, -0.05) is 49.4 Å². The van der Waals surface area contributed by atoms with Crippen LogP contribution >= 0.6 is 0 Å². The van der Waals surface area contributed by atoms with Crippen molar-refractivity contribution in [2.45, 2.75) is 37.8 Å². The van der Waals surface area contributed by atoms with E-state index in [2.05, 4.69) is 28.6 Å². The minimum absolute atomic E-state index is 0.0234. The number of amides is 2. The molecule has 2 heterocycles. The summed E-state index contributed by atoms with van der Waals surface area (Å²) in [7, 11) is 0. The molecule has 194 valence electrons. The second kappa shape index (κ2) is 11.4. The topological polar surface area (TPSA) is 107 Å². The third kappa shape index (κ3) is 6.18. The largest absolute Gasteiger partial charge is 0.485 e. The summed E-state index contributed by atoms with van der Waals surface area (Å²) in [5.41, 5.74) is 2.57. The number of carbonyl (C=O) groups is 2. The summed E-state index contributed by atoms with van der Waals surface area (Å²) >= 11 is 0. The second-order valence-corrected chi connectivity index (χ2v) is 10.0. The molecule has 8 heteroatoms. The Morgan fingerprint density at radius 1 is 1.05 bits per heavy atom. The number of nitrogens with zero attached hydrogens (tertiary/aromatic N) is 3. The first kappa shape index (κ1) is 25.4. The maximum atomic E-state index is 13.3. The fraction of sp³-hybridized carbons (Fsp3) is 0.333. The van der Waals surface area contributed by atoms with E-state index in [4.69, 9.17) is 10.00 Å². The Kier molecular flexibility index (Phi) is 7.66. The number of aromatic nitrogens is 1. The van der Waals surface area contributed by atoms with Crippen molar-refractivity contribution >= 4 is 17.6 Å². The van der Waals surface area contributed by atoms with E-state index in [0.717, 1.165) is 24.0 Å². The van der Waals surface area contributed by atoms with Crippen LogP contribution in [0.3, 0.4) is 0 Å². The predicted octanol–water partition coefficient (Wildman–Crippen LogP) is 4.03. The molecule has 2 fully saturated rings. The average Bonchev–Trinajstić information content (AvgIpc) is 3.77. The molecule has 1 saturated heterocycles.